The average molecular weight is 368 g/mol. The summed E-state index contributed by atoms with van der Waals surface area (Å²) in [6.45, 7) is 0.409. The third-order valence-electron chi connectivity index (χ3n) is 4.06. The first-order valence-electron chi connectivity index (χ1n) is 8.56. The highest BCUT2D eigenvalue weighted by Crippen LogP contribution is 2.19. The number of aromatic amines is 1. The number of aromatic nitrogens is 4. The Labute approximate surface area is 156 Å². The molecule has 7 nitrogen and oxygen atoms in total. The maximum atomic E-state index is 13.1. The van der Waals surface area contributed by atoms with Crippen LogP contribution in [0.15, 0.2) is 48.8 Å². The van der Waals surface area contributed by atoms with Gasteiger partial charge < -0.3 is 5.32 Å². The molecular formula is C19H21FN6O. The van der Waals surface area contributed by atoms with Gasteiger partial charge in [0, 0.05) is 30.9 Å². The molecule has 0 saturated heterocycles. The van der Waals surface area contributed by atoms with Gasteiger partial charge in [0.25, 0.3) is 0 Å². The van der Waals surface area contributed by atoms with Crippen LogP contribution in [0.1, 0.15) is 17.4 Å². The monoisotopic (exact) mass is 368 g/mol. The Balaban J connectivity index is 1.58. The van der Waals surface area contributed by atoms with Crippen molar-refractivity contribution in [2.75, 3.05) is 20.6 Å². The van der Waals surface area contributed by atoms with E-state index in [9.17, 15) is 9.18 Å². The molecule has 3 aromatic rings. The van der Waals surface area contributed by atoms with Crippen molar-refractivity contribution in [2.24, 2.45) is 0 Å². The van der Waals surface area contributed by atoms with E-state index in [0.717, 1.165) is 11.1 Å². The summed E-state index contributed by atoms with van der Waals surface area (Å²) in [5.41, 5.74) is 1.56. The molecule has 0 spiro atoms. The standard InChI is InChI=1S/C19H21FN6O/c1-26(2)17(13-5-7-15(20)8-6-13)19(27)22-11-9-16-23-18(25-24-16)14-4-3-10-21-12-14/h3-8,10,12,17H,9,11H2,1-2H3,(H,22,27)(H,23,24,25)/t17-/m1/s1. The predicted molar refractivity (Wildman–Crippen MR) is 99.2 cm³/mol. The Hall–Kier alpha value is -3.13. The zero-order chi connectivity index (χ0) is 19.2. The van der Waals surface area contributed by atoms with E-state index in [-0.39, 0.29) is 11.7 Å². The second kappa shape index (κ2) is 8.50. The van der Waals surface area contributed by atoms with E-state index in [1.165, 1.54) is 12.1 Å². The fourth-order valence-corrected chi connectivity index (χ4v) is 2.76. The van der Waals surface area contributed by atoms with Gasteiger partial charge in [0.05, 0.1) is 0 Å². The molecule has 140 valence electrons. The highest BCUT2D eigenvalue weighted by atomic mass is 19.1. The molecule has 8 heteroatoms. The minimum absolute atomic E-state index is 0.154. The molecule has 0 fully saturated rings. The minimum atomic E-state index is -0.494. The molecule has 0 bridgehead atoms. The van der Waals surface area contributed by atoms with Gasteiger partial charge in [0.15, 0.2) is 5.82 Å². The number of benzene rings is 1. The lowest BCUT2D eigenvalue weighted by atomic mass is 10.1. The molecule has 0 aliphatic heterocycles. The number of amides is 1. The van der Waals surface area contributed by atoms with Crippen molar-refractivity contribution in [3.8, 4) is 11.4 Å². The lowest BCUT2D eigenvalue weighted by Crippen LogP contribution is -2.38. The summed E-state index contributed by atoms with van der Waals surface area (Å²) in [5, 5.41) is 9.95. The maximum Gasteiger partial charge on any atom is 0.241 e. The summed E-state index contributed by atoms with van der Waals surface area (Å²) in [6.07, 6.45) is 3.90. The number of carbonyl (C=O) groups excluding carboxylic acids is 1. The maximum absolute atomic E-state index is 13.1. The summed E-state index contributed by atoms with van der Waals surface area (Å²) in [5.74, 6) is 0.768. The minimum Gasteiger partial charge on any atom is -0.354 e. The number of nitrogens with one attached hydrogen (secondary N) is 2. The van der Waals surface area contributed by atoms with Gasteiger partial charge in [-0.25, -0.2) is 9.37 Å². The third kappa shape index (κ3) is 4.73. The van der Waals surface area contributed by atoms with Crippen LogP contribution in [-0.2, 0) is 11.2 Å². The molecule has 1 amide bonds. The summed E-state index contributed by atoms with van der Waals surface area (Å²) in [4.78, 5) is 22.8. The first-order chi connectivity index (χ1) is 13.0. The van der Waals surface area contributed by atoms with Crippen LogP contribution in [0.5, 0.6) is 0 Å². The molecule has 0 radical (unpaired) electrons. The van der Waals surface area contributed by atoms with Gasteiger partial charge in [0.2, 0.25) is 5.91 Å². The van der Waals surface area contributed by atoms with Crippen LogP contribution >= 0.6 is 0 Å². The molecule has 0 saturated carbocycles. The zero-order valence-corrected chi connectivity index (χ0v) is 15.2. The van der Waals surface area contributed by atoms with Gasteiger partial charge in [-0.2, -0.15) is 5.10 Å². The van der Waals surface area contributed by atoms with Crippen LogP contribution < -0.4 is 5.32 Å². The fraction of sp³-hybridized carbons (Fsp3) is 0.263. The van der Waals surface area contributed by atoms with Gasteiger partial charge in [-0.3, -0.25) is 19.8 Å². The number of hydrogen-bond acceptors (Lipinski definition) is 5. The van der Waals surface area contributed by atoms with Crippen LogP contribution in [0, 0.1) is 5.82 Å². The molecule has 0 aliphatic rings. The second-order valence-electron chi connectivity index (χ2n) is 6.31. The van der Waals surface area contributed by atoms with E-state index in [0.29, 0.717) is 24.6 Å². The molecule has 3 rings (SSSR count). The van der Waals surface area contributed by atoms with Crippen LogP contribution in [0.25, 0.3) is 11.4 Å². The van der Waals surface area contributed by atoms with Crippen LogP contribution in [0.3, 0.4) is 0 Å². The van der Waals surface area contributed by atoms with E-state index in [1.54, 1.807) is 29.4 Å². The topological polar surface area (TPSA) is 86.8 Å². The van der Waals surface area contributed by atoms with E-state index < -0.39 is 6.04 Å². The van der Waals surface area contributed by atoms with Gasteiger partial charge >= 0.3 is 0 Å². The molecule has 0 aliphatic carbocycles. The molecule has 2 N–H and O–H groups in total. The van der Waals surface area contributed by atoms with E-state index in [1.807, 2.05) is 26.2 Å². The number of likely N-dealkylation sites (N-methyl/N-ethyl adjacent to an activating group) is 1. The SMILES string of the molecule is CN(C)[C@@H](C(=O)NCCc1nc(-c2cccnc2)n[nH]1)c1ccc(F)cc1. The molecule has 2 aromatic heterocycles. The summed E-state index contributed by atoms with van der Waals surface area (Å²) < 4.78 is 13.1. The Morgan fingerprint density at radius 1 is 1.26 bits per heavy atom. The molecule has 2 heterocycles. The number of pyridine rings is 1. The van der Waals surface area contributed by atoms with Crippen LogP contribution in [0.2, 0.25) is 0 Å². The van der Waals surface area contributed by atoms with Crippen LogP contribution in [0.4, 0.5) is 4.39 Å². The quantitative estimate of drug-likeness (QED) is 0.666. The van der Waals surface area contributed by atoms with Gasteiger partial charge in [-0.15, -0.1) is 0 Å². The van der Waals surface area contributed by atoms with Crippen molar-refractivity contribution in [2.45, 2.75) is 12.5 Å². The van der Waals surface area contributed by atoms with Crippen molar-refractivity contribution in [3.05, 3.63) is 66.0 Å². The number of halogens is 1. The Bertz CT molecular complexity index is 879. The first-order valence-corrected chi connectivity index (χ1v) is 8.56. The fourth-order valence-electron chi connectivity index (χ4n) is 2.76. The molecule has 1 atom stereocenters. The second-order valence-corrected chi connectivity index (χ2v) is 6.31. The number of H-pyrrole nitrogens is 1. The smallest absolute Gasteiger partial charge is 0.241 e. The van der Waals surface area contributed by atoms with Crippen molar-refractivity contribution in [1.82, 2.24) is 30.4 Å². The Kier molecular flexibility index (Phi) is 5.87. The summed E-state index contributed by atoms with van der Waals surface area (Å²) in [6, 6.07) is 9.16. The average Bonchev–Trinajstić information content (AvgIpc) is 3.13. The lowest BCUT2D eigenvalue weighted by Gasteiger charge is -2.23. The molecule has 27 heavy (non-hydrogen) atoms. The zero-order valence-electron chi connectivity index (χ0n) is 15.2. The summed E-state index contributed by atoms with van der Waals surface area (Å²) in [7, 11) is 3.62. The van der Waals surface area contributed by atoms with Crippen molar-refractivity contribution < 1.29 is 9.18 Å². The van der Waals surface area contributed by atoms with Gasteiger partial charge in [-0.05, 0) is 43.9 Å². The number of rotatable bonds is 7. The molecule has 1 aromatic carbocycles. The number of hydrogen-bond donors (Lipinski definition) is 2. The van der Waals surface area contributed by atoms with Crippen LogP contribution in [-0.4, -0.2) is 51.6 Å². The summed E-state index contributed by atoms with van der Waals surface area (Å²) >= 11 is 0. The number of nitrogens with zero attached hydrogens (tertiary/aromatic N) is 4. The highest BCUT2D eigenvalue weighted by Gasteiger charge is 2.22. The van der Waals surface area contributed by atoms with Gasteiger partial charge in [0.1, 0.15) is 17.7 Å². The van der Waals surface area contributed by atoms with Gasteiger partial charge in [-0.1, -0.05) is 12.1 Å². The Morgan fingerprint density at radius 3 is 2.70 bits per heavy atom. The third-order valence-corrected chi connectivity index (χ3v) is 4.06. The first kappa shape index (κ1) is 18.7. The van der Waals surface area contributed by atoms with E-state index in [4.69, 9.17) is 0 Å². The van der Waals surface area contributed by atoms with E-state index in [2.05, 4.69) is 25.5 Å². The normalized spacial score (nSPS) is 12.1. The van der Waals surface area contributed by atoms with E-state index >= 15 is 0 Å². The molecular weight excluding hydrogens is 347 g/mol. The molecule has 0 unspecified atom stereocenters. The highest BCUT2D eigenvalue weighted by molar-refractivity contribution is 5.83. The van der Waals surface area contributed by atoms with Crippen molar-refractivity contribution in [3.63, 3.8) is 0 Å². The largest absolute Gasteiger partial charge is 0.354 e. The lowest BCUT2D eigenvalue weighted by molar-refractivity contribution is -0.125. The predicted octanol–water partition coefficient (Wildman–Crippen LogP) is 1.97. The van der Waals surface area contributed by atoms with Crippen molar-refractivity contribution in [1.29, 1.82) is 0 Å². The Morgan fingerprint density at radius 2 is 2.04 bits per heavy atom. The van der Waals surface area contributed by atoms with Crippen molar-refractivity contribution >= 4 is 5.91 Å². The number of carbonyl (C=O) groups is 1.